The van der Waals surface area contributed by atoms with E-state index >= 15 is 0 Å². The van der Waals surface area contributed by atoms with Crippen molar-refractivity contribution in [1.29, 1.82) is 0 Å². The highest BCUT2D eigenvalue weighted by Crippen LogP contribution is 2.15. The topological polar surface area (TPSA) is 38.3 Å². The second kappa shape index (κ2) is 7.29. The van der Waals surface area contributed by atoms with E-state index in [0.29, 0.717) is 24.7 Å². The Morgan fingerprint density at radius 2 is 2.32 bits per heavy atom. The standard InChI is InChI=1S/C16H23NO2/c1-19-16-7-4-5-13(12-16)11-15(18)9-8-14-6-2-3-10-17-14/h4-5,7,12,14,17H,2-3,6,8-11H2,1H3. The number of carbonyl (C=O) groups excluding carboxylic acids is 1. The SMILES string of the molecule is COc1cccc(CC(=O)CCC2CCCCN2)c1. The predicted octanol–water partition coefficient (Wildman–Crippen LogP) is 2.73. The molecule has 0 saturated carbocycles. The molecule has 1 fully saturated rings. The maximum Gasteiger partial charge on any atom is 0.137 e. The quantitative estimate of drug-likeness (QED) is 0.855. The lowest BCUT2D eigenvalue weighted by Crippen LogP contribution is -2.34. The molecule has 1 heterocycles. The summed E-state index contributed by atoms with van der Waals surface area (Å²) in [5.41, 5.74) is 1.04. The van der Waals surface area contributed by atoms with Gasteiger partial charge in [0.05, 0.1) is 7.11 Å². The zero-order valence-corrected chi connectivity index (χ0v) is 11.7. The van der Waals surface area contributed by atoms with Gasteiger partial charge >= 0.3 is 0 Å². The molecule has 0 amide bonds. The van der Waals surface area contributed by atoms with Gasteiger partial charge < -0.3 is 10.1 Å². The molecule has 1 saturated heterocycles. The Morgan fingerprint density at radius 1 is 1.42 bits per heavy atom. The van der Waals surface area contributed by atoms with Gasteiger partial charge in [-0.3, -0.25) is 4.79 Å². The second-order valence-electron chi connectivity index (χ2n) is 5.25. The molecular weight excluding hydrogens is 238 g/mol. The van der Waals surface area contributed by atoms with E-state index in [-0.39, 0.29) is 0 Å². The van der Waals surface area contributed by atoms with Crippen molar-refractivity contribution in [2.24, 2.45) is 0 Å². The van der Waals surface area contributed by atoms with Gasteiger partial charge in [-0.1, -0.05) is 18.6 Å². The molecule has 1 aliphatic heterocycles. The number of Topliss-reactive ketones (excluding diaryl/α,β-unsaturated/α-hetero) is 1. The van der Waals surface area contributed by atoms with Gasteiger partial charge in [0.2, 0.25) is 0 Å². The van der Waals surface area contributed by atoms with E-state index in [0.717, 1.165) is 24.3 Å². The number of hydrogen-bond acceptors (Lipinski definition) is 3. The highest BCUT2D eigenvalue weighted by Gasteiger charge is 2.14. The summed E-state index contributed by atoms with van der Waals surface area (Å²) in [5.74, 6) is 1.14. The molecule has 1 aromatic carbocycles. The van der Waals surface area contributed by atoms with Crippen molar-refractivity contribution in [1.82, 2.24) is 5.32 Å². The van der Waals surface area contributed by atoms with Gasteiger partial charge in [0, 0.05) is 18.9 Å². The monoisotopic (exact) mass is 261 g/mol. The third-order valence-corrected chi connectivity index (χ3v) is 3.72. The molecule has 1 atom stereocenters. The second-order valence-corrected chi connectivity index (χ2v) is 5.25. The molecule has 0 aromatic heterocycles. The van der Waals surface area contributed by atoms with Gasteiger partial charge in [-0.2, -0.15) is 0 Å². The van der Waals surface area contributed by atoms with Gasteiger partial charge in [-0.05, 0) is 43.5 Å². The van der Waals surface area contributed by atoms with E-state index in [1.165, 1.54) is 19.3 Å². The van der Waals surface area contributed by atoms with Crippen molar-refractivity contribution >= 4 is 5.78 Å². The van der Waals surface area contributed by atoms with Crippen LogP contribution in [-0.4, -0.2) is 25.5 Å². The summed E-state index contributed by atoms with van der Waals surface area (Å²) in [6.45, 7) is 1.11. The molecule has 19 heavy (non-hydrogen) atoms. The Labute approximate surface area is 115 Å². The number of methoxy groups -OCH3 is 1. The maximum atomic E-state index is 12.0. The number of benzene rings is 1. The number of carbonyl (C=O) groups is 1. The Morgan fingerprint density at radius 3 is 3.05 bits per heavy atom. The van der Waals surface area contributed by atoms with Crippen LogP contribution < -0.4 is 10.1 Å². The summed E-state index contributed by atoms with van der Waals surface area (Å²) in [5, 5.41) is 3.48. The fourth-order valence-electron chi connectivity index (χ4n) is 2.60. The van der Waals surface area contributed by atoms with Crippen LogP contribution in [0.1, 0.15) is 37.7 Å². The first-order valence-electron chi connectivity index (χ1n) is 7.16. The van der Waals surface area contributed by atoms with Gasteiger partial charge in [0.15, 0.2) is 0 Å². The molecule has 0 bridgehead atoms. The van der Waals surface area contributed by atoms with Crippen LogP contribution in [-0.2, 0) is 11.2 Å². The zero-order chi connectivity index (χ0) is 13.5. The van der Waals surface area contributed by atoms with Crippen LogP contribution >= 0.6 is 0 Å². The van der Waals surface area contributed by atoms with Gasteiger partial charge in [0.1, 0.15) is 11.5 Å². The minimum absolute atomic E-state index is 0.320. The normalized spacial score (nSPS) is 19.1. The number of hydrogen-bond donors (Lipinski definition) is 1. The molecule has 1 aliphatic rings. The van der Waals surface area contributed by atoms with Gasteiger partial charge in [0.25, 0.3) is 0 Å². The van der Waals surface area contributed by atoms with Crippen LogP contribution in [0.15, 0.2) is 24.3 Å². The number of ketones is 1. The maximum absolute atomic E-state index is 12.0. The molecule has 1 aromatic rings. The molecule has 0 spiro atoms. The van der Waals surface area contributed by atoms with E-state index < -0.39 is 0 Å². The molecule has 0 aliphatic carbocycles. The summed E-state index contributed by atoms with van der Waals surface area (Å²) < 4.78 is 5.17. The summed E-state index contributed by atoms with van der Waals surface area (Å²) >= 11 is 0. The Hall–Kier alpha value is -1.35. The first kappa shape index (κ1) is 14.1. The van der Waals surface area contributed by atoms with Crippen LogP contribution in [0.4, 0.5) is 0 Å². The van der Waals surface area contributed by atoms with E-state index in [2.05, 4.69) is 5.32 Å². The van der Waals surface area contributed by atoms with Crippen molar-refractivity contribution < 1.29 is 9.53 Å². The lowest BCUT2D eigenvalue weighted by atomic mass is 9.97. The van der Waals surface area contributed by atoms with Crippen molar-refractivity contribution in [3.05, 3.63) is 29.8 Å². The molecule has 0 radical (unpaired) electrons. The predicted molar refractivity (Wildman–Crippen MR) is 76.6 cm³/mol. The average Bonchev–Trinajstić information content (AvgIpc) is 2.46. The molecule has 3 heteroatoms. The van der Waals surface area contributed by atoms with E-state index in [9.17, 15) is 4.79 Å². The number of nitrogens with one attached hydrogen (secondary N) is 1. The first-order chi connectivity index (χ1) is 9.28. The lowest BCUT2D eigenvalue weighted by Gasteiger charge is -2.22. The minimum Gasteiger partial charge on any atom is -0.497 e. The fraction of sp³-hybridized carbons (Fsp3) is 0.562. The zero-order valence-electron chi connectivity index (χ0n) is 11.7. The van der Waals surface area contributed by atoms with Gasteiger partial charge in [-0.25, -0.2) is 0 Å². The van der Waals surface area contributed by atoms with E-state index in [4.69, 9.17) is 4.74 Å². The Balaban J connectivity index is 1.76. The van der Waals surface area contributed by atoms with Crippen molar-refractivity contribution in [3.63, 3.8) is 0 Å². The molecular formula is C16H23NO2. The number of rotatable bonds is 6. The summed E-state index contributed by atoms with van der Waals surface area (Å²) in [6, 6.07) is 8.31. The largest absolute Gasteiger partial charge is 0.497 e. The summed E-state index contributed by atoms with van der Waals surface area (Å²) in [7, 11) is 1.65. The third-order valence-electron chi connectivity index (χ3n) is 3.72. The fourth-order valence-corrected chi connectivity index (χ4v) is 2.60. The number of piperidine rings is 1. The Bertz CT molecular complexity index is 411. The molecule has 3 nitrogen and oxygen atoms in total. The van der Waals surface area contributed by atoms with Crippen molar-refractivity contribution in [2.75, 3.05) is 13.7 Å². The smallest absolute Gasteiger partial charge is 0.137 e. The van der Waals surface area contributed by atoms with Crippen LogP contribution in [0.3, 0.4) is 0 Å². The Kier molecular flexibility index (Phi) is 5.40. The van der Waals surface area contributed by atoms with Crippen LogP contribution in [0, 0.1) is 0 Å². The summed E-state index contributed by atoms with van der Waals surface area (Å²) in [4.78, 5) is 12.0. The average molecular weight is 261 g/mol. The van der Waals surface area contributed by atoms with Crippen molar-refractivity contribution in [2.45, 2.75) is 44.6 Å². The molecule has 1 N–H and O–H groups in total. The lowest BCUT2D eigenvalue weighted by molar-refractivity contribution is -0.118. The van der Waals surface area contributed by atoms with E-state index in [1.807, 2.05) is 24.3 Å². The van der Waals surface area contributed by atoms with E-state index in [1.54, 1.807) is 7.11 Å². The third kappa shape index (κ3) is 4.67. The minimum atomic E-state index is 0.320. The highest BCUT2D eigenvalue weighted by atomic mass is 16.5. The van der Waals surface area contributed by atoms with Crippen LogP contribution in [0.2, 0.25) is 0 Å². The van der Waals surface area contributed by atoms with Crippen LogP contribution in [0.25, 0.3) is 0 Å². The number of ether oxygens (including phenoxy) is 1. The first-order valence-corrected chi connectivity index (χ1v) is 7.16. The van der Waals surface area contributed by atoms with Crippen LogP contribution in [0.5, 0.6) is 5.75 Å². The molecule has 104 valence electrons. The van der Waals surface area contributed by atoms with Gasteiger partial charge in [-0.15, -0.1) is 0 Å². The molecule has 2 rings (SSSR count). The summed E-state index contributed by atoms with van der Waals surface area (Å²) in [6.07, 6.45) is 5.95. The molecule has 1 unspecified atom stereocenters. The highest BCUT2D eigenvalue weighted by molar-refractivity contribution is 5.80. The van der Waals surface area contributed by atoms with Crippen molar-refractivity contribution in [3.8, 4) is 5.75 Å².